The lowest BCUT2D eigenvalue weighted by Crippen LogP contribution is -2.00. The molecule has 0 aliphatic rings. The standard InChI is InChI=1S/C53H33N3O/c1-3-15-35(16-4-1)51-54-52(36-17-5-2-6-18-36)56-53(55-51)42-23-12-21-39(32-42)38-20-11-22-40(31-38)43-26-13-27-46-48-33-47(41-29-28-34-14-7-8-19-37(34)30-41)44-24-9-10-25-45(44)50(48)57-49(43)46/h1-33H. The summed E-state index contributed by atoms with van der Waals surface area (Å²) in [5.41, 5.74) is 11.3. The van der Waals surface area contributed by atoms with Gasteiger partial charge in [-0.15, -0.1) is 0 Å². The fourth-order valence-electron chi connectivity index (χ4n) is 8.08. The monoisotopic (exact) mass is 727 g/mol. The molecule has 0 fully saturated rings. The Morgan fingerprint density at radius 2 is 0.754 bits per heavy atom. The molecule has 2 aromatic heterocycles. The van der Waals surface area contributed by atoms with Gasteiger partial charge in [0.15, 0.2) is 17.5 Å². The van der Waals surface area contributed by atoms with E-state index in [0.29, 0.717) is 17.5 Å². The molecule has 0 unspecified atom stereocenters. The minimum atomic E-state index is 0.628. The van der Waals surface area contributed by atoms with Crippen molar-refractivity contribution in [3.63, 3.8) is 0 Å². The van der Waals surface area contributed by atoms with Gasteiger partial charge in [0, 0.05) is 38.4 Å². The summed E-state index contributed by atoms with van der Waals surface area (Å²) in [5.74, 6) is 1.91. The molecule has 0 aliphatic heterocycles. The normalized spacial score (nSPS) is 11.5. The molecule has 9 aromatic carbocycles. The van der Waals surface area contributed by atoms with Crippen LogP contribution in [-0.2, 0) is 0 Å². The van der Waals surface area contributed by atoms with Crippen molar-refractivity contribution in [1.29, 1.82) is 0 Å². The molecular weight excluding hydrogens is 695 g/mol. The molecule has 0 radical (unpaired) electrons. The van der Waals surface area contributed by atoms with E-state index in [2.05, 4.69) is 140 Å². The summed E-state index contributed by atoms with van der Waals surface area (Å²) < 4.78 is 6.91. The predicted molar refractivity (Wildman–Crippen MR) is 235 cm³/mol. The molecule has 0 amide bonds. The van der Waals surface area contributed by atoms with Crippen LogP contribution in [0.25, 0.3) is 111 Å². The second-order valence-corrected chi connectivity index (χ2v) is 14.4. The number of para-hydroxylation sites is 1. The lowest BCUT2D eigenvalue weighted by atomic mass is 9.93. The van der Waals surface area contributed by atoms with Crippen LogP contribution in [0.4, 0.5) is 0 Å². The van der Waals surface area contributed by atoms with Crippen molar-refractivity contribution >= 4 is 43.5 Å². The van der Waals surface area contributed by atoms with Crippen molar-refractivity contribution in [2.24, 2.45) is 0 Å². The summed E-state index contributed by atoms with van der Waals surface area (Å²) in [6.07, 6.45) is 0. The highest BCUT2D eigenvalue weighted by Crippen LogP contribution is 2.43. The highest BCUT2D eigenvalue weighted by Gasteiger charge is 2.18. The Balaban J connectivity index is 1.02. The largest absolute Gasteiger partial charge is 0.455 e. The van der Waals surface area contributed by atoms with Gasteiger partial charge in [-0.3, -0.25) is 0 Å². The maximum Gasteiger partial charge on any atom is 0.164 e. The molecule has 0 aliphatic carbocycles. The Labute approximate surface area is 329 Å². The van der Waals surface area contributed by atoms with Gasteiger partial charge in [0.25, 0.3) is 0 Å². The smallest absolute Gasteiger partial charge is 0.164 e. The average molecular weight is 728 g/mol. The van der Waals surface area contributed by atoms with E-state index in [1.807, 2.05) is 60.7 Å². The topological polar surface area (TPSA) is 51.8 Å². The predicted octanol–water partition coefficient (Wildman–Crippen LogP) is 14.1. The molecule has 0 spiro atoms. The third kappa shape index (κ3) is 5.83. The Bertz CT molecular complexity index is 3240. The van der Waals surface area contributed by atoms with E-state index in [9.17, 15) is 0 Å². The Kier molecular flexibility index (Phi) is 7.78. The van der Waals surface area contributed by atoms with Crippen molar-refractivity contribution in [3.8, 4) is 67.5 Å². The summed E-state index contributed by atoms with van der Waals surface area (Å²) in [5, 5.41) is 6.95. The molecule has 0 bridgehead atoms. The van der Waals surface area contributed by atoms with Crippen LogP contribution in [0, 0.1) is 0 Å². The SMILES string of the molecule is c1ccc(-c2nc(-c3ccccc3)nc(-c3cccc(-c4cccc(-c5cccc6c5oc5c7ccccc7c(-c7ccc8ccccc8c7)cc65)c4)c3)n2)cc1. The molecule has 4 nitrogen and oxygen atoms in total. The Morgan fingerprint density at radius 3 is 1.47 bits per heavy atom. The zero-order valence-corrected chi connectivity index (χ0v) is 30.8. The van der Waals surface area contributed by atoms with Gasteiger partial charge in [-0.1, -0.05) is 176 Å². The van der Waals surface area contributed by atoms with Crippen molar-refractivity contribution < 1.29 is 4.42 Å². The van der Waals surface area contributed by atoms with Gasteiger partial charge in [0.1, 0.15) is 11.2 Å². The number of nitrogens with zero attached hydrogens (tertiary/aromatic N) is 3. The number of hydrogen-bond acceptors (Lipinski definition) is 4. The van der Waals surface area contributed by atoms with Crippen molar-refractivity contribution in [3.05, 3.63) is 200 Å². The Hall–Kier alpha value is -7.69. The maximum absolute atomic E-state index is 6.91. The first-order valence-electron chi connectivity index (χ1n) is 19.2. The van der Waals surface area contributed by atoms with Gasteiger partial charge in [0.2, 0.25) is 0 Å². The quantitative estimate of drug-likeness (QED) is 0.171. The summed E-state index contributed by atoms with van der Waals surface area (Å²) >= 11 is 0. The minimum absolute atomic E-state index is 0.628. The summed E-state index contributed by atoms with van der Waals surface area (Å²) in [6.45, 7) is 0. The first-order chi connectivity index (χ1) is 28.2. The molecule has 11 rings (SSSR count). The molecule has 0 saturated carbocycles. The summed E-state index contributed by atoms with van der Waals surface area (Å²) in [6, 6.07) is 69.9. The number of fused-ring (bicyclic) bond motifs is 6. The number of hydrogen-bond donors (Lipinski definition) is 0. The van der Waals surface area contributed by atoms with Crippen LogP contribution in [0.15, 0.2) is 205 Å². The van der Waals surface area contributed by atoms with E-state index in [1.165, 1.54) is 27.3 Å². The van der Waals surface area contributed by atoms with Crippen LogP contribution >= 0.6 is 0 Å². The van der Waals surface area contributed by atoms with Crippen LogP contribution < -0.4 is 0 Å². The number of aromatic nitrogens is 3. The lowest BCUT2D eigenvalue weighted by Gasteiger charge is -2.10. The van der Waals surface area contributed by atoms with Crippen molar-refractivity contribution in [2.45, 2.75) is 0 Å². The Morgan fingerprint density at radius 1 is 0.263 bits per heavy atom. The van der Waals surface area contributed by atoms with E-state index in [1.54, 1.807) is 0 Å². The van der Waals surface area contributed by atoms with Gasteiger partial charge in [0.05, 0.1) is 0 Å². The van der Waals surface area contributed by atoms with Gasteiger partial charge >= 0.3 is 0 Å². The van der Waals surface area contributed by atoms with Crippen LogP contribution in [0.5, 0.6) is 0 Å². The summed E-state index contributed by atoms with van der Waals surface area (Å²) in [4.78, 5) is 14.8. The maximum atomic E-state index is 6.91. The summed E-state index contributed by atoms with van der Waals surface area (Å²) in [7, 11) is 0. The number of furan rings is 1. The second kappa shape index (κ2) is 13.6. The zero-order valence-electron chi connectivity index (χ0n) is 30.8. The zero-order chi connectivity index (χ0) is 37.7. The molecule has 266 valence electrons. The molecule has 2 heterocycles. The second-order valence-electron chi connectivity index (χ2n) is 14.4. The van der Waals surface area contributed by atoms with Crippen LogP contribution in [-0.4, -0.2) is 15.0 Å². The highest BCUT2D eigenvalue weighted by atomic mass is 16.3. The van der Waals surface area contributed by atoms with E-state index >= 15 is 0 Å². The lowest BCUT2D eigenvalue weighted by molar-refractivity contribution is 0.674. The molecule has 0 atom stereocenters. The minimum Gasteiger partial charge on any atom is -0.455 e. The average Bonchev–Trinajstić information content (AvgIpc) is 3.68. The van der Waals surface area contributed by atoms with E-state index in [4.69, 9.17) is 19.4 Å². The molecule has 11 aromatic rings. The number of rotatable bonds is 6. The van der Waals surface area contributed by atoms with Crippen molar-refractivity contribution in [2.75, 3.05) is 0 Å². The molecule has 0 N–H and O–H groups in total. The van der Waals surface area contributed by atoms with E-state index in [-0.39, 0.29) is 0 Å². The van der Waals surface area contributed by atoms with Gasteiger partial charge in [-0.05, 0) is 68.2 Å². The molecule has 0 saturated heterocycles. The van der Waals surface area contributed by atoms with Gasteiger partial charge < -0.3 is 4.42 Å². The van der Waals surface area contributed by atoms with Gasteiger partial charge in [-0.2, -0.15) is 0 Å². The van der Waals surface area contributed by atoms with Crippen molar-refractivity contribution in [1.82, 2.24) is 15.0 Å². The fourth-order valence-corrected chi connectivity index (χ4v) is 8.08. The van der Waals surface area contributed by atoms with Crippen LogP contribution in [0.3, 0.4) is 0 Å². The highest BCUT2D eigenvalue weighted by molar-refractivity contribution is 6.21. The third-order valence-corrected chi connectivity index (χ3v) is 10.9. The van der Waals surface area contributed by atoms with Crippen LogP contribution in [0.1, 0.15) is 0 Å². The van der Waals surface area contributed by atoms with E-state index < -0.39 is 0 Å². The van der Waals surface area contributed by atoms with Gasteiger partial charge in [-0.25, -0.2) is 15.0 Å². The molecule has 4 heteroatoms. The molecule has 57 heavy (non-hydrogen) atoms. The van der Waals surface area contributed by atoms with Crippen LogP contribution in [0.2, 0.25) is 0 Å². The number of benzene rings is 9. The fraction of sp³-hybridized carbons (Fsp3) is 0. The van der Waals surface area contributed by atoms with E-state index in [0.717, 1.165) is 66.3 Å². The third-order valence-electron chi connectivity index (χ3n) is 10.9. The molecular formula is C53H33N3O. The first-order valence-corrected chi connectivity index (χ1v) is 19.2. The first kappa shape index (κ1) is 32.7.